The van der Waals surface area contributed by atoms with Gasteiger partial charge in [0.2, 0.25) is 5.95 Å². The lowest BCUT2D eigenvalue weighted by molar-refractivity contribution is -0.145. The molecular formula is C18H27N5O2. The first-order chi connectivity index (χ1) is 12.1. The molecule has 1 aromatic rings. The highest BCUT2D eigenvalue weighted by Gasteiger charge is 2.35. The molecule has 1 unspecified atom stereocenters. The molecule has 1 saturated heterocycles. The van der Waals surface area contributed by atoms with Gasteiger partial charge in [0.15, 0.2) is 0 Å². The van der Waals surface area contributed by atoms with Gasteiger partial charge in [-0.25, -0.2) is 9.97 Å². The molecule has 1 amide bonds. The summed E-state index contributed by atoms with van der Waals surface area (Å²) in [6.07, 6.45) is 4.83. The van der Waals surface area contributed by atoms with Crippen LogP contribution in [0.5, 0.6) is 0 Å². The number of aromatic nitrogens is 2. The topological polar surface area (TPSA) is 72.8 Å². The summed E-state index contributed by atoms with van der Waals surface area (Å²) in [6, 6.07) is 0. The zero-order valence-electron chi connectivity index (χ0n) is 14.9. The van der Waals surface area contributed by atoms with Gasteiger partial charge in [0.25, 0.3) is 5.91 Å². The monoisotopic (exact) mass is 345 g/mol. The predicted octanol–water partition coefficient (Wildman–Crippen LogP) is 0.274. The van der Waals surface area contributed by atoms with Crippen molar-refractivity contribution in [3.05, 3.63) is 17.5 Å². The molecule has 0 bridgehead atoms. The van der Waals surface area contributed by atoms with Gasteiger partial charge < -0.3 is 19.8 Å². The molecule has 4 rings (SSSR count). The molecule has 0 radical (unpaired) electrons. The van der Waals surface area contributed by atoms with E-state index in [9.17, 15) is 9.90 Å². The van der Waals surface area contributed by atoms with E-state index in [0.29, 0.717) is 13.1 Å². The Labute approximate surface area is 148 Å². The highest BCUT2D eigenvalue weighted by Crippen LogP contribution is 2.31. The van der Waals surface area contributed by atoms with Gasteiger partial charge in [-0.1, -0.05) is 6.42 Å². The Hall–Kier alpha value is -1.73. The van der Waals surface area contributed by atoms with Crippen molar-refractivity contribution in [2.24, 2.45) is 5.92 Å². The average molecular weight is 345 g/mol. The number of aliphatic hydroxyl groups is 1. The van der Waals surface area contributed by atoms with Crippen LogP contribution in [-0.4, -0.2) is 76.7 Å². The van der Waals surface area contributed by atoms with Crippen LogP contribution in [-0.2, 0) is 17.8 Å². The molecule has 2 aliphatic heterocycles. The molecule has 136 valence electrons. The first kappa shape index (κ1) is 16.7. The summed E-state index contributed by atoms with van der Waals surface area (Å²) in [5.74, 6) is 0.837. The van der Waals surface area contributed by atoms with Gasteiger partial charge in [0.05, 0.1) is 5.69 Å². The summed E-state index contributed by atoms with van der Waals surface area (Å²) < 4.78 is 0. The fraction of sp³-hybridized carbons (Fsp3) is 0.722. The SMILES string of the molecule is CN1CCN(c2ncc3c(n2)CCN(C(=O)C(O)C2CCC2)C3)CC1. The second kappa shape index (κ2) is 6.88. The third-order valence-corrected chi connectivity index (χ3v) is 5.87. The van der Waals surface area contributed by atoms with Crippen LogP contribution in [0.4, 0.5) is 5.95 Å². The Balaban J connectivity index is 1.42. The molecule has 7 heteroatoms. The van der Waals surface area contributed by atoms with E-state index in [4.69, 9.17) is 4.98 Å². The highest BCUT2D eigenvalue weighted by molar-refractivity contribution is 5.81. The van der Waals surface area contributed by atoms with Crippen molar-refractivity contribution in [2.75, 3.05) is 44.7 Å². The van der Waals surface area contributed by atoms with E-state index in [2.05, 4.69) is 21.8 Å². The van der Waals surface area contributed by atoms with Crippen molar-refractivity contribution in [2.45, 2.75) is 38.3 Å². The number of fused-ring (bicyclic) bond motifs is 1. The van der Waals surface area contributed by atoms with Gasteiger partial charge >= 0.3 is 0 Å². The molecule has 1 N–H and O–H groups in total. The average Bonchev–Trinajstić information content (AvgIpc) is 2.59. The van der Waals surface area contributed by atoms with Crippen LogP contribution in [0.1, 0.15) is 30.5 Å². The number of amides is 1. The first-order valence-electron chi connectivity index (χ1n) is 9.37. The number of hydrogen-bond donors (Lipinski definition) is 1. The summed E-state index contributed by atoms with van der Waals surface area (Å²) >= 11 is 0. The van der Waals surface area contributed by atoms with Crippen molar-refractivity contribution in [3.8, 4) is 0 Å². The van der Waals surface area contributed by atoms with Crippen molar-refractivity contribution >= 4 is 11.9 Å². The van der Waals surface area contributed by atoms with Crippen LogP contribution in [0.3, 0.4) is 0 Å². The maximum atomic E-state index is 12.5. The van der Waals surface area contributed by atoms with Crippen molar-refractivity contribution in [1.29, 1.82) is 0 Å². The Morgan fingerprint density at radius 2 is 2.00 bits per heavy atom. The van der Waals surface area contributed by atoms with Crippen molar-refractivity contribution in [1.82, 2.24) is 19.8 Å². The van der Waals surface area contributed by atoms with Gasteiger partial charge in [-0.3, -0.25) is 4.79 Å². The quantitative estimate of drug-likeness (QED) is 0.848. The summed E-state index contributed by atoms with van der Waals surface area (Å²) in [5.41, 5.74) is 2.06. The number of nitrogens with zero attached hydrogens (tertiary/aromatic N) is 5. The lowest BCUT2D eigenvalue weighted by atomic mass is 9.80. The van der Waals surface area contributed by atoms with E-state index >= 15 is 0 Å². The van der Waals surface area contributed by atoms with Gasteiger partial charge in [-0.15, -0.1) is 0 Å². The Bertz CT molecular complexity index is 640. The zero-order valence-corrected chi connectivity index (χ0v) is 14.9. The van der Waals surface area contributed by atoms with E-state index in [1.54, 1.807) is 4.90 Å². The molecule has 0 aromatic carbocycles. The molecule has 3 aliphatic rings. The lowest BCUT2D eigenvalue weighted by Gasteiger charge is -2.36. The number of rotatable bonds is 3. The highest BCUT2D eigenvalue weighted by atomic mass is 16.3. The molecule has 1 saturated carbocycles. The van der Waals surface area contributed by atoms with Crippen molar-refractivity contribution in [3.63, 3.8) is 0 Å². The van der Waals surface area contributed by atoms with Crippen LogP contribution >= 0.6 is 0 Å². The smallest absolute Gasteiger partial charge is 0.252 e. The predicted molar refractivity (Wildman–Crippen MR) is 94.2 cm³/mol. The van der Waals surface area contributed by atoms with E-state index in [1.165, 1.54) is 0 Å². The number of carbonyl (C=O) groups excluding carboxylic acids is 1. The van der Waals surface area contributed by atoms with E-state index in [-0.39, 0.29) is 11.8 Å². The van der Waals surface area contributed by atoms with E-state index in [1.807, 2.05) is 6.20 Å². The minimum absolute atomic E-state index is 0.126. The Morgan fingerprint density at radius 3 is 2.68 bits per heavy atom. The van der Waals surface area contributed by atoms with Gasteiger partial charge in [0.1, 0.15) is 6.10 Å². The number of hydrogen-bond acceptors (Lipinski definition) is 6. The molecule has 25 heavy (non-hydrogen) atoms. The van der Waals surface area contributed by atoms with Gasteiger partial charge in [0, 0.05) is 57.4 Å². The number of aliphatic hydroxyl groups excluding tert-OH is 1. The minimum Gasteiger partial charge on any atom is -0.383 e. The van der Waals surface area contributed by atoms with Crippen LogP contribution in [0.2, 0.25) is 0 Å². The maximum Gasteiger partial charge on any atom is 0.252 e. The second-order valence-corrected chi connectivity index (χ2v) is 7.58. The van der Waals surface area contributed by atoms with Crippen LogP contribution in [0.15, 0.2) is 6.20 Å². The third-order valence-electron chi connectivity index (χ3n) is 5.87. The summed E-state index contributed by atoms with van der Waals surface area (Å²) in [7, 11) is 2.13. The van der Waals surface area contributed by atoms with Crippen LogP contribution in [0, 0.1) is 5.92 Å². The number of carbonyl (C=O) groups is 1. The molecule has 2 fully saturated rings. The number of anilines is 1. The molecular weight excluding hydrogens is 318 g/mol. The standard InChI is InChI=1S/C18H27N5O2/c1-21-7-9-22(10-8-21)18-19-11-14-12-23(6-5-15(14)20-18)17(25)16(24)13-3-2-4-13/h11,13,16,24H,2-10,12H2,1H3. The maximum absolute atomic E-state index is 12.5. The minimum atomic E-state index is -0.833. The Kier molecular flexibility index (Phi) is 4.60. The molecule has 1 aromatic heterocycles. The second-order valence-electron chi connectivity index (χ2n) is 7.58. The largest absolute Gasteiger partial charge is 0.383 e. The summed E-state index contributed by atoms with van der Waals surface area (Å²) in [4.78, 5) is 28.1. The van der Waals surface area contributed by atoms with Gasteiger partial charge in [-0.2, -0.15) is 0 Å². The van der Waals surface area contributed by atoms with Crippen LogP contribution in [0.25, 0.3) is 0 Å². The number of piperazine rings is 1. The van der Waals surface area contributed by atoms with Crippen LogP contribution < -0.4 is 4.90 Å². The first-order valence-corrected chi connectivity index (χ1v) is 9.37. The molecule has 1 atom stereocenters. The molecule has 1 aliphatic carbocycles. The lowest BCUT2D eigenvalue weighted by Crippen LogP contribution is -2.47. The molecule has 3 heterocycles. The molecule has 0 spiro atoms. The molecule has 7 nitrogen and oxygen atoms in total. The zero-order chi connectivity index (χ0) is 17.4. The Morgan fingerprint density at radius 1 is 1.24 bits per heavy atom. The normalized spacial score (nSPS) is 23.1. The fourth-order valence-corrected chi connectivity index (χ4v) is 3.80. The summed E-state index contributed by atoms with van der Waals surface area (Å²) in [5, 5.41) is 10.2. The summed E-state index contributed by atoms with van der Waals surface area (Å²) in [6.45, 7) is 5.11. The fourth-order valence-electron chi connectivity index (χ4n) is 3.80. The number of likely N-dealkylation sites (N-methyl/N-ethyl adjacent to an activating group) is 1. The van der Waals surface area contributed by atoms with Crippen molar-refractivity contribution < 1.29 is 9.90 Å². The van der Waals surface area contributed by atoms with Gasteiger partial charge in [-0.05, 0) is 25.8 Å². The third kappa shape index (κ3) is 3.35. The van der Waals surface area contributed by atoms with E-state index < -0.39 is 6.10 Å². The van der Waals surface area contributed by atoms with E-state index in [0.717, 1.165) is 69.1 Å².